The summed E-state index contributed by atoms with van der Waals surface area (Å²) in [4.78, 5) is 22.1. The van der Waals surface area contributed by atoms with Crippen molar-refractivity contribution in [3.63, 3.8) is 0 Å². The predicted octanol–water partition coefficient (Wildman–Crippen LogP) is 3.21. The topological polar surface area (TPSA) is 102 Å². The maximum Gasteiger partial charge on any atom is 0.390 e. The lowest BCUT2D eigenvalue weighted by Gasteiger charge is -2.04. The highest BCUT2D eigenvalue weighted by atomic mass is 35.5. The Morgan fingerprint density at radius 3 is 2.67 bits per heavy atom. The Morgan fingerprint density at radius 2 is 2.08 bits per heavy atom. The Bertz CT molecular complexity index is 832. The summed E-state index contributed by atoms with van der Waals surface area (Å²) in [6.45, 7) is 3.57. The summed E-state index contributed by atoms with van der Waals surface area (Å²) in [5.41, 5.74) is 3.83. The van der Waals surface area contributed by atoms with Gasteiger partial charge in [0.15, 0.2) is 0 Å². The van der Waals surface area contributed by atoms with Crippen molar-refractivity contribution in [2.75, 3.05) is 0 Å². The van der Waals surface area contributed by atoms with E-state index >= 15 is 0 Å². The molecule has 0 fully saturated rings. The van der Waals surface area contributed by atoms with Gasteiger partial charge in [0, 0.05) is 5.56 Å². The first-order valence-corrected chi connectivity index (χ1v) is 7.51. The molecule has 0 saturated heterocycles. The molecular weight excluding hydrogens is 357 g/mol. The number of nitro groups is 1. The standard InChI is InChI=1S/C14H13Cl2N5O3/c1-8(7-20-9(2)5-13(19-20)21(23)24)17-18-14(22)10-3-4-11(15)12(16)6-10/h3-6H,7H2,1-2H3,(H,18,22)/b17-8-. The van der Waals surface area contributed by atoms with E-state index in [9.17, 15) is 14.9 Å². The number of amides is 1. The number of halogens is 2. The number of hydrazone groups is 1. The molecule has 0 unspecified atom stereocenters. The van der Waals surface area contributed by atoms with E-state index in [0.29, 0.717) is 22.0 Å². The fraction of sp³-hybridized carbons (Fsp3) is 0.214. The van der Waals surface area contributed by atoms with Gasteiger partial charge in [-0.3, -0.25) is 4.79 Å². The molecule has 10 heteroatoms. The van der Waals surface area contributed by atoms with E-state index in [4.69, 9.17) is 23.2 Å². The molecule has 1 N–H and O–H groups in total. The van der Waals surface area contributed by atoms with Crippen molar-refractivity contribution in [3.8, 4) is 0 Å². The third-order valence-corrected chi connectivity index (χ3v) is 3.80. The minimum absolute atomic E-state index is 0.210. The van der Waals surface area contributed by atoms with Gasteiger partial charge in [-0.25, -0.2) is 5.43 Å². The molecule has 1 heterocycles. The van der Waals surface area contributed by atoms with Crippen molar-refractivity contribution in [2.45, 2.75) is 20.4 Å². The number of rotatable bonds is 5. The van der Waals surface area contributed by atoms with Crippen molar-refractivity contribution in [2.24, 2.45) is 5.10 Å². The van der Waals surface area contributed by atoms with E-state index in [1.54, 1.807) is 13.8 Å². The van der Waals surface area contributed by atoms with Gasteiger partial charge in [0.2, 0.25) is 0 Å². The fourth-order valence-corrected chi connectivity index (χ4v) is 2.14. The van der Waals surface area contributed by atoms with Crippen LogP contribution in [0.1, 0.15) is 23.0 Å². The Labute approximate surface area is 147 Å². The second-order valence-electron chi connectivity index (χ2n) is 4.98. The summed E-state index contributed by atoms with van der Waals surface area (Å²) in [5, 5.41) is 19.1. The van der Waals surface area contributed by atoms with Crippen LogP contribution in [-0.2, 0) is 6.54 Å². The number of benzene rings is 1. The van der Waals surface area contributed by atoms with Crippen molar-refractivity contribution >= 4 is 40.6 Å². The fourth-order valence-electron chi connectivity index (χ4n) is 1.84. The highest BCUT2D eigenvalue weighted by Gasteiger charge is 2.15. The molecule has 0 aliphatic rings. The van der Waals surface area contributed by atoms with Gasteiger partial charge >= 0.3 is 5.82 Å². The van der Waals surface area contributed by atoms with Crippen molar-refractivity contribution in [3.05, 3.63) is 55.7 Å². The first-order valence-electron chi connectivity index (χ1n) is 6.75. The Hall–Kier alpha value is -2.45. The van der Waals surface area contributed by atoms with Gasteiger partial charge in [0.1, 0.15) is 6.54 Å². The maximum absolute atomic E-state index is 12.0. The number of nitrogens with one attached hydrogen (secondary N) is 1. The van der Waals surface area contributed by atoms with Crippen LogP contribution in [0.5, 0.6) is 0 Å². The predicted molar refractivity (Wildman–Crippen MR) is 90.7 cm³/mol. The van der Waals surface area contributed by atoms with Gasteiger partial charge in [-0.15, -0.1) is 0 Å². The number of carbonyl (C=O) groups is 1. The Morgan fingerprint density at radius 1 is 1.38 bits per heavy atom. The zero-order valence-corrected chi connectivity index (χ0v) is 14.3. The summed E-state index contributed by atoms with van der Waals surface area (Å²) in [6, 6.07) is 5.84. The third-order valence-electron chi connectivity index (χ3n) is 3.06. The number of aryl methyl sites for hydroxylation is 1. The molecular formula is C14H13Cl2N5O3. The van der Waals surface area contributed by atoms with Crippen LogP contribution < -0.4 is 5.43 Å². The molecule has 24 heavy (non-hydrogen) atoms. The Kier molecular flexibility index (Phi) is 5.53. The zero-order chi connectivity index (χ0) is 17.9. The molecule has 0 aliphatic carbocycles. The molecule has 126 valence electrons. The van der Waals surface area contributed by atoms with Gasteiger partial charge in [-0.1, -0.05) is 23.2 Å². The quantitative estimate of drug-likeness (QED) is 0.496. The number of hydrogen-bond acceptors (Lipinski definition) is 5. The zero-order valence-electron chi connectivity index (χ0n) is 12.8. The summed E-state index contributed by atoms with van der Waals surface area (Å²) >= 11 is 11.7. The van der Waals surface area contributed by atoms with Crippen molar-refractivity contribution in [1.82, 2.24) is 15.2 Å². The summed E-state index contributed by atoms with van der Waals surface area (Å²) in [5.74, 6) is -0.684. The van der Waals surface area contributed by atoms with Crippen molar-refractivity contribution in [1.29, 1.82) is 0 Å². The van der Waals surface area contributed by atoms with Crippen molar-refractivity contribution < 1.29 is 9.72 Å². The molecule has 0 saturated carbocycles. The molecule has 0 aliphatic heterocycles. The second-order valence-corrected chi connectivity index (χ2v) is 5.79. The van der Waals surface area contributed by atoms with E-state index < -0.39 is 10.8 Å². The monoisotopic (exact) mass is 369 g/mol. The van der Waals surface area contributed by atoms with Crippen LogP contribution in [0.2, 0.25) is 10.0 Å². The highest BCUT2D eigenvalue weighted by molar-refractivity contribution is 6.42. The lowest BCUT2D eigenvalue weighted by molar-refractivity contribution is -0.389. The highest BCUT2D eigenvalue weighted by Crippen LogP contribution is 2.22. The average molecular weight is 370 g/mol. The Balaban J connectivity index is 2.04. The van der Waals surface area contributed by atoms with E-state index in [0.717, 1.165) is 0 Å². The van der Waals surface area contributed by atoms with Gasteiger partial charge < -0.3 is 10.1 Å². The van der Waals surface area contributed by atoms with E-state index in [-0.39, 0.29) is 17.4 Å². The van der Waals surface area contributed by atoms with E-state index in [2.05, 4.69) is 15.6 Å². The van der Waals surface area contributed by atoms with Gasteiger partial charge in [-0.2, -0.15) is 9.78 Å². The van der Waals surface area contributed by atoms with Crippen LogP contribution in [0.4, 0.5) is 5.82 Å². The first kappa shape index (κ1) is 17.9. The minimum atomic E-state index is -0.567. The van der Waals surface area contributed by atoms with Crippen LogP contribution in [0.3, 0.4) is 0 Å². The molecule has 1 aromatic heterocycles. The van der Waals surface area contributed by atoms with Gasteiger partial charge in [0.25, 0.3) is 5.91 Å². The van der Waals surface area contributed by atoms with Gasteiger partial charge in [0.05, 0.1) is 32.6 Å². The summed E-state index contributed by atoms with van der Waals surface area (Å²) in [7, 11) is 0. The van der Waals surface area contributed by atoms with Gasteiger partial charge in [-0.05, 0) is 37.0 Å². The summed E-state index contributed by atoms with van der Waals surface area (Å²) in [6.07, 6.45) is 0. The lowest BCUT2D eigenvalue weighted by atomic mass is 10.2. The smallest absolute Gasteiger partial charge is 0.358 e. The number of aromatic nitrogens is 2. The molecule has 1 aromatic carbocycles. The molecule has 0 bridgehead atoms. The third kappa shape index (κ3) is 4.30. The molecule has 0 atom stereocenters. The van der Waals surface area contributed by atoms with Crippen LogP contribution in [0.15, 0.2) is 29.4 Å². The normalized spacial score (nSPS) is 11.4. The molecule has 8 nitrogen and oxygen atoms in total. The first-order chi connectivity index (χ1) is 11.3. The molecule has 2 rings (SSSR count). The average Bonchev–Trinajstić information content (AvgIpc) is 2.89. The molecule has 1 amide bonds. The second kappa shape index (κ2) is 7.41. The number of hydrogen-bond donors (Lipinski definition) is 1. The van der Waals surface area contributed by atoms with Crippen LogP contribution >= 0.6 is 23.2 Å². The largest absolute Gasteiger partial charge is 0.390 e. The molecule has 2 aromatic rings. The lowest BCUT2D eigenvalue weighted by Crippen LogP contribution is -2.21. The molecule has 0 radical (unpaired) electrons. The maximum atomic E-state index is 12.0. The van der Waals surface area contributed by atoms with E-state index in [1.807, 2.05) is 0 Å². The van der Waals surface area contributed by atoms with Crippen LogP contribution in [0, 0.1) is 17.0 Å². The molecule has 0 spiro atoms. The van der Waals surface area contributed by atoms with Crippen LogP contribution in [0.25, 0.3) is 0 Å². The SMILES string of the molecule is C/C(Cn1nc([N+](=O)[O-])cc1C)=N/NC(=O)c1ccc(Cl)c(Cl)c1. The van der Waals surface area contributed by atoms with Crippen LogP contribution in [-0.4, -0.2) is 26.3 Å². The minimum Gasteiger partial charge on any atom is -0.358 e. The number of nitrogens with zero attached hydrogens (tertiary/aromatic N) is 4. The summed E-state index contributed by atoms with van der Waals surface area (Å²) < 4.78 is 1.43. The number of carbonyl (C=O) groups excluding carboxylic acids is 1. The van der Waals surface area contributed by atoms with E-state index in [1.165, 1.54) is 28.9 Å².